The number of nitrogens with zero attached hydrogens (tertiary/aromatic N) is 2. The van der Waals surface area contributed by atoms with Crippen molar-refractivity contribution >= 4 is 110 Å². The van der Waals surface area contributed by atoms with Crippen LogP contribution in [0.2, 0.25) is 0 Å². The molecule has 0 unspecified atom stereocenters. The van der Waals surface area contributed by atoms with Crippen molar-refractivity contribution < 1.29 is 8.83 Å². The van der Waals surface area contributed by atoms with Crippen LogP contribution >= 0.6 is 0 Å². The van der Waals surface area contributed by atoms with Crippen molar-refractivity contribution in [2.24, 2.45) is 0 Å². The fourth-order valence-electron chi connectivity index (χ4n) is 15.4. The zero-order valence-electron chi connectivity index (χ0n) is 48.6. The van der Waals surface area contributed by atoms with Crippen LogP contribution in [0.25, 0.3) is 98.4 Å². The fourth-order valence-corrected chi connectivity index (χ4v) is 15.4. The van der Waals surface area contributed by atoms with Gasteiger partial charge in [0.25, 0.3) is 0 Å². The Bertz CT molecular complexity index is 4580. The Labute approximate surface area is 491 Å². The second kappa shape index (κ2) is 20.3. The molecule has 2 aliphatic carbocycles. The normalized spacial score (nSPS) is 14.6. The molecule has 410 valence electrons. The minimum Gasteiger partial charge on any atom is -0.453 e. The molecule has 0 saturated heterocycles. The van der Waals surface area contributed by atoms with Gasteiger partial charge in [-0.15, -0.1) is 0 Å². The highest BCUT2D eigenvalue weighted by Gasteiger charge is 2.32. The molecule has 0 atom stereocenters. The third-order valence-corrected chi connectivity index (χ3v) is 19.6. The summed E-state index contributed by atoms with van der Waals surface area (Å²) in [5, 5.41) is 12.5. The van der Waals surface area contributed by atoms with Gasteiger partial charge in [0.05, 0.1) is 22.7 Å². The first kappa shape index (κ1) is 50.6. The number of hydrogen-bond donors (Lipinski definition) is 0. The van der Waals surface area contributed by atoms with E-state index in [-0.39, 0.29) is 0 Å². The minimum absolute atomic E-state index is 0.426. The van der Waals surface area contributed by atoms with E-state index in [2.05, 4.69) is 244 Å². The van der Waals surface area contributed by atoms with E-state index in [4.69, 9.17) is 8.83 Å². The van der Waals surface area contributed by atoms with Gasteiger partial charge in [0.2, 0.25) is 0 Å². The summed E-state index contributed by atoms with van der Waals surface area (Å²) in [5.41, 5.74) is 22.8. The van der Waals surface area contributed by atoms with E-state index in [1.807, 2.05) is 0 Å². The molecule has 0 spiro atoms. The Kier molecular flexibility index (Phi) is 12.3. The average molecular weight is 1090 g/mol. The van der Waals surface area contributed by atoms with Gasteiger partial charge in [-0.05, 0) is 168 Å². The molecule has 2 saturated carbocycles. The van der Waals surface area contributed by atoms with Crippen molar-refractivity contribution in [1.82, 2.24) is 0 Å². The summed E-state index contributed by atoms with van der Waals surface area (Å²) in [6.07, 6.45) is 12.3. The van der Waals surface area contributed by atoms with Crippen molar-refractivity contribution in [1.29, 1.82) is 0 Å². The predicted octanol–water partition coefficient (Wildman–Crippen LogP) is 24.0. The van der Waals surface area contributed by atoms with Crippen LogP contribution in [0, 0.1) is 27.7 Å². The zero-order chi connectivity index (χ0) is 56.2. The maximum atomic E-state index is 7.41. The highest BCUT2D eigenvalue weighted by molar-refractivity contribution is 6.30. The summed E-state index contributed by atoms with van der Waals surface area (Å²) in [7, 11) is 0. The summed E-state index contributed by atoms with van der Waals surface area (Å²) >= 11 is 0. The fraction of sp³-hybridized carbons (Fsp3) is 0.200. The van der Waals surface area contributed by atoms with Crippen LogP contribution in [0.4, 0.5) is 34.1 Å². The quantitative estimate of drug-likeness (QED) is 0.128. The van der Waals surface area contributed by atoms with Gasteiger partial charge >= 0.3 is 0 Å². The zero-order valence-corrected chi connectivity index (χ0v) is 48.6. The van der Waals surface area contributed by atoms with E-state index in [1.165, 1.54) is 152 Å². The lowest BCUT2D eigenvalue weighted by atomic mass is 9.77. The van der Waals surface area contributed by atoms with Crippen molar-refractivity contribution in [3.63, 3.8) is 0 Å². The number of rotatable bonds is 10. The third-order valence-electron chi connectivity index (χ3n) is 19.6. The van der Waals surface area contributed by atoms with Gasteiger partial charge in [-0.25, -0.2) is 0 Å². The van der Waals surface area contributed by atoms with Crippen LogP contribution in [0.5, 0.6) is 0 Å². The minimum atomic E-state index is 0.426. The van der Waals surface area contributed by atoms with Gasteiger partial charge in [0.1, 0.15) is 11.2 Å². The molecule has 2 heterocycles. The summed E-state index contributed by atoms with van der Waals surface area (Å²) in [4.78, 5) is 5.14. The second-order valence-corrected chi connectivity index (χ2v) is 24.5. The SMILES string of the molecule is Cc1ccccc1-c1cccc2c1oc1c(N(c3ccccc3C)c3cc(C4CCCCC4)c4ccc5c(N(c6ccccc6C)c6cccc7c6oc6c(-c8ccccc8C)cccc67)cc(C6CCCCC6)c6ccc3c4c65)cccc12. The van der Waals surface area contributed by atoms with E-state index >= 15 is 0 Å². The maximum Gasteiger partial charge on any atom is 0.159 e. The average Bonchev–Trinajstić information content (AvgIpc) is 4.29. The van der Waals surface area contributed by atoms with Crippen molar-refractivity contribution in [3.05, 3.63) is 240 Å². The Morgan fingerprint density at radius 1 is 0.274 bits per heavy atom. The van der Waals surface area contributed by atoms with Crippen molar-refractivity contribution in [2.75, 3.05) is 9.80 Å². The van der Waals surface area contributed by atoms with E-state index in [1.54, 1.807) is 0 Å². The van der Waals surface area contributed by atoms with Gasteiger partial charge in [0, 0.05) is 54.8 Å². The molecule has 0 N–H and O–H groups in total. The van der Waals surface area contributed by atoms with Crippen molar-refractivity contribution in [2.45, 2.75) is 104 Å². The molecule has 2 aromatic heterocycles. The topological polar surface area (TPSA) is 32.8 Å². The molecule has 0 bridgehead atoms. The van der Waals surface area contributed by atoms with Crippen LogP contribution in [0.15, 0.2) is 215 Å². The number of fused-ring (bicyclic) bond motifs is 6. The molecule has 14 aromatic rings. The van der Waals surface area contributed by atoms with Gasteiger partial charge in [-0.2, -0.15) is 0 Å². The summed E-state index contributed by atoms with van der Waals surface area (Å²) < 4.78 is 14.8. The number of benzene rings is 12. The van der Waals surface area contributed by atoms with Gasteiger partial charge < -0.3 is 18.6 Å². The molecule has 84 heavy (non-hydrogen) atoms. The molecule has 0 radical (unpaired) electrons. The first-order valence-electron chi connectivity index (χ1n) is 30.9. The molecule has 2 aliphatic rings. The Hall–Kier alpha value is -9.12. The number of hydrogen-bond acceptors (Lipinski definition) is 4. The Morgan fingerprint density at radius 2 is 0.607 bits per heavy atom. The standard InChI is InChI=1S/C80H68N2O2/c1-49-23-11-15-31-55(49)59-33-19-35-61-63-37-21-41-71(79(63)83-77(59)61)81(69-39-17-13-25-51(69)3)73-47-67(53-27-7-5-8-28-53)57-44-46-66-74(48-68(54-29-9-6-10-30-54)58-43-45-65(73)75(57)76(58)66)82(70-40-18-14-26-52(70)4)72-42-22-38-64-62-36-20-34-60(78(62)84-80(64)72)56-32-16-12-24-50(56)2/h11-26,31-48,53-54H,5-10,27-30H2,1-4H3. The molecule has 2 fully saturated rings. The third kappa shape index (κ3) is 8.01. The highest BCUT2D eigenvalue weighted by Crippen LogP contribution is 2.56. The van der Waals surface area contributed by atoms with Crippen LogP contribution < -0.4 is 9.80 Å². The lowest BCUT2D eigenvalue weighted by Crippen LogP contribution is -2.15. The molecular formula is C80H68N2O2. The predicted molar refractivity (Wildman–Crippen MR) is 356 cm³/mol. The highest BCUT2D eigenvalue weighted by atomic mass is 16.3. The molecule has 12 aromatic carbocycles. The first-order valence-corrected chi connectivity index (χ1v) is 30.9. The molecule has 0 aliphatic heterocycles. The largest absolute Gasteiger partial charge is 0.453 e. The van der Waals surface area contributed by atoms with Gasteiger partial charge in [-0.1, -0.05) is 208 Å². The molecule has 4 heteroatoms. The molecule has 0 amide bonds. The number of para-hydroxylation sites is 6. The smallest absolute Gasteiger partial charge is 0.159 e. The molecular weight excluding hydrogens is 1020 g/mol. The van der Waals surface area contributed by atoms with Crippen LogP contribution in [0.1, 0.15) is 109 Å². The van der Waals surface area contributed by atoms with E-state index < -0.39 is 0 Å². The number of aryl methyl sites for hydroxylation is 4. The molecule has 16 rings (SSSR count). The number of furan rings is 2. The van der Waals surface area contributed by atoms with E-state index in [9.17, 15) is 0 Å². The first-order chi connectivity index (χ1) is 41.4. The van der Waals surface area contributed by atoms with Gasteiger partial charge in [-0.3, -0.25) is 0 Å². The van der Waals surface area contributed by atoms with Gasteiger partial charge in [0.15, 0.2) is 11.2 Å². The lowest BCUT2D eigenvalue weighted by molar-refractivity contribution is 0.445. The summed E-state index contributed by atoms with van der Waals surface area (Å²) in [6.45, 7) is 8.93. The van der Waals surface area contributed by atoms with E-state index in [0.29, 0.717) is 11.8 Å². The Balaban J connectivity index is 1.01. The summed E-state index contributed by atoms with van der Waals surface area (Å²) in [5.74, 6) is 0.853. The van der Waals surface area contributed by atoms with E-state index in [0.717, 1.165) is 77.8 Å². The lowest BCUT2D eigenvalue weighted by Gasteiger charge is -2.34. The maximum absolute atomic E-state index is 7.41. The van der Waals surface area contributed by atoms with Crippen LogP contribution in [-0.2, 0) is 0 Å². The Morgan fingerprint density at radius 3 is 1.01 bits per heavy atom. The monoisotopic (exact) mass is 1090 g/mol. The van der Waals surface area contributed by atoms with Crippen molar-refractivity contribution in [3.8, 4) is 22.3 Å². The summed E-state index contributed by atoms with van der Waals surface area (Å²) in [6, 6.07) is 77.4. The number of anilines is 6. The molecule has 4 nitrogen and oxygen atoms in total. The van der Waals surface area contributed by atoms with Crippen LogP contribution in [-0.4, -0.2) is 0 Å². The van der Waals surface area contributed by atoms with Crippen LogP contribution in [0.3, 0.4) is 0 Å². The second-order valence-electron chi connectivity index (χ2n) is 24.5.